The van der Waals surface area contributed by atoms with E-state index in [4.69, 9.17) is 69.6 Å². The standard InChI is InChI=1S/C13H9Cl6N3/c1-2-7-4-3-5-8(6-7)9-20-10(12(14,15)16)22-11(21-9)13(17,18)19/h3-6H,2H2,1H3. The normalized spacial score (nSPS) is 12.5. The third-order valence-corrected chi connectivity index (χ3v) is 3.75. The Hall–Kier alpha value is -0.0300. The van der Waals surface area contributed by atoms with Gasteiger partial charge in [-0.05, 0) is 18.1 Å². The minimum Gasteiger partial charge on any atom is -0.209 e. The van der Waals surface area contributed by atoms with E-state index in [1.807, 2.05) is 31.2 Å². The van der Waals surface area contributed by atoms with Gasteiger partial charge in [-0.2, -0.15) is 0 Å². The summed E-state index contributed by atoms with van der Waals surface area (Å²) in [6.07, 6.45) is 0.855. The number of benzene rings is 1. The second-order valence-corrected chi connectivity index (χ2v) is 8.92. The Kier molecular flexibility index (Phi) is 5.69. The van der Waals surface area contributed by atoms with Crippen LogP contribution in [0, 0.1) is 0 Å². The number of hydrogen-bond donors (Lipinski definition) is 0. The SMILES string of the molecule is CCc1cccc(-c2nc(C(Cl)(Cl)Cl)nc(C(Cl)(Cl)Cl)n2)c1. The van der Waals surface area contributed by atoms with E-state index in [2.05, 4.69) is 15.0 Å². The van der Waals surface area contributed by atoms with E-state index in [0.717, 1.165) is 12.0 Å². The van der Waals surface area contributed by atoms with Gasteiger partial charge in [-0.25, -0.2) is 15.0 Å². The Morgan fingerprint density at radius 3 is 1.86 bits per heavy atom. The van der Waals surface area contributed by atoms with Crippen LogP contribution in [0.3, 0.4) is 0 Å². The molecular weight excluding hydrogens is 411 g/mol. The molecule has 0 saturated carbocycles. The van der Waals surface area contributed by atoms with Crippen molar-refractivity contribution in [1.29, 1.82) is 0 Å². The van der Waals surface area contributed by atoms with Gasteiger partial charge in [-0.15, -0.1) is 0 Å². The number of rotatable bonds is 2. The highest BCUT2D eigenvalue weighted by molar-refractivity contribution is 6.67. The van der Waals surface area contributed by atoms with Gasteiger partial charge in [-0.3, -0.25) is 0 Å². The number of halogens is 6. The van der Waals surface area contributed by atoms with Gasteiger partial charge in [0.2, 0.25) is 7.59 Å². The topological polar surface area (TPSA) is 38.7 Å². The van der Waals surface area contributed by atoms with E-state index in [1.165, 1.54) is 0 Å². The van der Waals surface area contributed by atoms with E-state index in [1.54, 1.807) is 0 Å². The number of aromatic nitrogens is 3. The van der Waals surface area contributed by atoms with Crippen molar-refractivity contribution in [2.24, 2.45) is 0 Å². The quantitative estimate of drug-likeness (QED) is 0.581. The zero-order valence-corrected chi connectivity index (χ0v) is 15.7. The summed E-state index contributed by atoms with van der Waals surface area (Å²) in [6, 6.07) is 7.59. The van der Waals surface area contributed by atoms with Gasteiger partial charge < -0.3 is 0 Å². The van der Waals surface area contributed by atoms with E-state index in [9.17, 15) is 0 Å². The van der Waals surface area contributed by atoms with Crippen molar-refractivity contribution in [3.63, 3.8) is 0 Å². The number of nitrogens with zero attached hydrogens (tertiary/aromatic N) is 3. The fraction of sp³-hybridized carbons (Fsp3) is 0.308. The van der Waals surface area contributed by atoms with Crippen LogP contribution in [0.4, 0.5) is 0 Å². The van der Waals surface area contributed by atoms with Gasteiger partial charge in [-0.1, -0.05) is 94.7 Å². The van der Waals surface area contributed by atoms with Gasteiger partial charge in [0.15, 0.2) is 17.5 Å². The van der Waals surface area contributed by atoms with Crippen LogP contribution in [0.1, 0.15) is 24.1 Å². The fourth-order valence-electron chi connectivity index (χ4n) is 1.69. The van der Waals surface area contributed by atoms with Crippen molar-refractivity contribution in [3.8, 4) is 11.4 Å². The number of alkyl halides is 6. The first-order chi connectivity index (χ1) is 10.1. The van der Waals surface area contributed by atoms with Gasteiger partial charge >= 0.3 is 0 Å². The summed E-state index contributed by atoms with van der Waals surface area (Å²) in [5.41, 5.74) is 1.82. The summed E-state index contributed by atoms with van der Waals surface area (Å²) in [4.78, 5) is 12.3. The van der Waals surface area contributed by atoms with Crippen molar-refractivity contribution >= 4 is 69.6 Å². The molecule has 2 aromatic rings. The second kappa shape index (κ2) is 6.84. The zero-order valence-electron chi connectivity index (χ0n) is 11.1. The van der Waals surface area contributed by atoms with E-state index in [0.29, 0.717) is 5.56 Å². The van der Waals surface area contributed by atoms with Gasteiger partial charge in [0.05, 0.1) is 0 Å². The summed E-state index contributed by atoms with van der Waals surface area (Å²) >= 11 is 35.1. The lowest BCUT2D eigenvalue weighted by Crippen LogP contribution is -2.16. The molecule has 22 heavy (non-hydrogen) atoms. The van der Waals surface area contributed by atoms with Crippen molar-refractivity contribution < 1.29 is 0 Å². The van der Waals surface area contributed by atoms with E-state index < -0.39 is 7.59 Å². The van der Waals surface area contributed by atoms with Crippen LogP contribution < -0.4 is 0 Å². The monoisotopic (exact) mass is 417 g/mol. The molecular formula is C13H9Cl6N3. The molecule has 0 bridgehead atoms. The largest absolute Gasteiger partial charge is 0.250 e. The van der Waals surface area contributed by atoms with Crippen molar-refractivity contribution in [2.45, 2.75) is 20.9 Å². The Bertz CT molecular complexity index is 646. The zero-order chi connectivity index (χ0) is 16.5. The van der Waals surface area contributed by atoms with Crippen molar-refractivity contribution in [3.05, 3.63) is 41.5 Å². The van der Waals surface area contributed by atoms with Crippen LogP contribution in [0.15, 0.2) is 24.3 Å². The van der Waals surface area contributed by atoms with Crippen molar-refractivity contribution in [1.82, 2.24) is 15.0 Å². The second-order valence-electron chi connectivity index (χ2n) is 4.36. The van der Waals surface area contributed by atoms with Crippen molar-refractivity contribution in [2.75, 3.05) is 0 Å². The lowest BCUT2D eigenvalue weighted by Gasteiger charge is -2.15. The molecule has 0 aliphatic rings. The molecule has 3 nitrogen and oxygen atoms in total. The van der Waals surface area contributed by atoms with Crippen LogP contribution in [-0.4, -0.2) is 15.0 Å². The van der Waals surface area contributed by atoms with Gasteiger partial charge in [0, 0.05) is 5.56 Å². The molecule has 0 fully saturated rings. The number of hydrogen-bond acceptors (Lipinski definition) is 3. The lowest BCUT2D eigenvalue weighted by atomic mass is 10.1. The van der Waals surface area contributed by atoms with Crippen LogP contribution in [0.2, 0.25) is 0 Å². The average molecular weight is 420 g/mol. The summed E-state index contributed by atoms with van der Waals surface area (Å²) < 4.78 is -3.71. The Morgan fingerprint density at radius 1 is 0.864 bits per heavy atom. The fourth-order valence-corrected chi connectivity index (χ4v) is 2.20. The van der Waals surface area contributed by atoms with Crippen LogP contribution in [0.5, 0.6) is 0 Å². The molecule has 0 radical (unpaired) electrons. The highest BCUT2D eigenvalue weighted by Crippen LogP contribution is 2.40. The maximum atomic E-state index is 5.85. The van der Waals surface area contributed by atoms with Crippen LogP contribution in [0.25, 0.3) is 11.4 Å². The highest BCUT2D eigenvalue weighted by Gasteiger charge is 2.33. The Labute approximate surface area is 157 Å². The highest BCUT2D eigenvalue weighted by atomic mass is 35.6. The smallest absolute Gasteiger partial charge is 0.209 e. The molecule has 1 heterocycles. The predicted molar refractivity (Wildman–Crippen MR) is 93.1 cm³/mol. The molecule has 0 saturated heterocycles. The van der Waals surface area contributed by atoms with Crippen LogP contribution in [-0.2, 0) is 14.0 Å². The summed E-state index contributed by atoms with van der Waals surface area (Å²) in [5, 5.41) is 0. The maximum absolute atomic E-state index is 5.85. The summed E-state index contributed by atoms with van der Waals surface area (Å²) in [7, 11) is 0. The van der Waals surface area contributed by atoms with E-state index >= 15 is 0 Å². The molecule has 1 aromatic heterocycles. The predicted octanol–water partition coefficient (Wildman–Crippen LogP) is 5.75. The molecule has 0 atom stereocenters. The lowest BCUT2D eigenvalue weighted by molar-refractivity contribution is 0.851. The summed E-state index contributed by atoms with van der Waals surface area (Å²) in [6.45, 7) is 2.03. The molecule has 0 amide bonds. The molecule has 0 aliphatic carbocycles. The number of aryl methyl sites for hydroxylation is 1. The first kappa shape index (κ1) is 18.3. The summed E-state index contributed by atoms with van der Waals surface area (Å²) in [5.74, 6) is 0.0596. The molecule has 118 valence electrons. The first-order valence-electron chi connectivity index (χ1n) is 6.11. The third-order valence-electron chi connectivity index (χ3n) is 2.74. The molecule has 0 aliphatic heterocycles. The molecule has 2 rings (SSSR count). The minimum absolute atomic E-state index is 0.106. The average Bonchev–Trinajstić information content (AvgIpc) is 2.45. The first-order valence-corrected chi connectivity index (χ1v) is 8.38. The molecule has 0 N–H and O–H groups in total. The van der Waals surface area contributed by atoms with Crippen LogP contribution >= 0.6 is 69.6 Å². The van der Waals surface area contributed by atoms with Gasteiger partial charge in [0.1, 0.15) is 0 Å². The Balaban J connectivity index is 2.64. The molecule has 1 aromatic carbocycles. The molecule has 9 heteroatoms. The van der Waals surface area contributed by atoms with Gasteiger partial charge in [0.25, 0.3) is 0 Å². The van der Waals surface area contributed by atoms with E-state index in [-0.39, 0.29) is 17.5 Å². The molecule has 0 spiro atoms. The minimum atomic E-state index is -1.86. The Morgan fingerprint density at radius 2 is 1.41 bits per heavy atom. The third kappa shape index (κ3) is 4.50. The maximum Gasteiger partial charge on any atom is 0.250 e. The molecule has 0 unspecified atom stereocenters.